The van der Waals surface area contributed by atoms with Crippen molar-refractivity contribution in [1.29, 1.82) is 0 Å². The lowest BCUT2D eigenvalue weighted by molar-refractivity contribution is 0.0933. The second-order valence-corrected chi connectivity index (χ2v) is 9.17. The number of likely N-dealkylation sites (tertiary alicyclic amines) is 1. The van der Waals surface area contributed by atoms with Crippen LogP contribution in [0.1, 0.15) is 36.2 Å². The number of rotatable bonds is 7. The van der Waals surface area contributed by atoms with E-state index in [0.29, 0.717) is 34.7 Å². The largest absolute Gasteiger partial charge is 0.457 e. The van der Waals surface area contributed by atoms with E-state index in [0.717, 1.165) is 37.0 Å². The number of carbonyl (C=O) groups excluding carboxylic acids is 1. The third kappa shape index (κ3) is 4.81. The second kappa shape index (κ2) is 10.1. The monoisotopic (exact) mass is 487 g/mol. The first-order valence-corrected chi connectivity index (χ1v) is 12.4. The van der Waals surface area contributed by atoms with Gasteiger partial charge >= 0.3 is 0 Å². The highest BCUT2D eigenvalue weighted by molar-refractivity contribution is 5.97. The van der Waals surface area contributed by atoms with Crippen LogP contribution in [0, 0.1) is 5.82 Å². The van der Waals surface area contributed by atoms with Crippen molar-refractivity contribution < 1.29 is 13.9 Å². The van der Waals surface area contributed by atoms with Crippen LogP contribution in [0.3, 0.4) is 0 Å². The number of benzene rings is 2. The molecule has 8 heteroatoms. The van der Waals surface area contributed by atoms with Crippen LogP contribution < -0.4 is 10.1 Å². The summed E-state index contributed by atoms with van der Waals surface area (Å²) in [6.07, 6.45) is 4.85. The number of carbonyl (C=O) groups is 1. The summed E-state index contributed by atoms with van der Waals surface area (Å²) < 4.78 is 23.2. The number of pyridine rings is 1. The summed E-state index contributed by atoms with van der Waals surface area (Å²) in [6, 6.07) is 12.6. The Kier molecular flexibility index (Phi) is 6.69. The number of nitrogens with one attached hydrogen (secondary N) is 1. The molecule has 0 saturated carbocycles. The van der Waals surface area contributed by atoms with Crippen LogP contribution in [-0.4, -0.2) is 51.2 Å². The van der Waals surface area contributed by atoms with Gasteiger partial charge in [-0.2, -0.15) is 5.10 Å². The number of nitrogens with zero attached hydrogens (tertiary/aromatic N) is 4. The SMILES string of the molecule is CCc1cc(-c2cc(Oc3ccc4cnn(C)c4c3)ccn2)cc(F)c1C(=O)NC1CCN(CC)C1. The molecule has 3 heterocycles. The van der Waals surface area contributed by atoms with Crippen LogP contribution in [0.4, 0.5) is 4.39 Å². The van der Waals surface area contributed by atoms with E-state index in [4.69, 9.17) is 4.74 Å². The first-order chi connectivity index (χ1) is 17.4. The minimum atomic E-state index is -0.540. The summed E-state index contributed by atoms with van der Waals surface area (Å²) in [5.74, 6) is 0.365. The molecule has 5 rings (SSSR count). The van der Waals surface area contributed by atoms with E-state index in [-0.39, 0.29) is 17.5 Å². The zero-order valence-corrected chi connectivity index (χ0v) is 20.8. The highest BCUT2D eigenvalue weighted by Gasteiger charge is 2.25. The molecule has 0 radical (unpaired) electrons. The maximum Gasteiger partial charge on any atom is 0.254 e. The topological polar surface area (TPSA) is 72.3 Å². The first kappa shape index (κ1) is 23.9. The average Bonchev–Trinajstić information content (AvgIpc) is 3.49. The molecule has 0 aliphatic carbocycles. The average molecular weight is 488 g/mol. The van der Waals surface area contributed by atoms with E-state index in [1.54, 1.807) is 29.2 Å². The molecule has 7 nitrogen and oxygen atoms in total. The van der Waals surface area contributed by atoms with Gasteiger partial charge in [-0.15, -0.1) is 0 Å². The molecule has 36 heavy (non-hydrogen) atoms. The summed E-state index contributed by atoms with van der Waals surface area (Å²) >= 11 is 0. The first-order valence-electron chi connectivity index (χ1n) is 12.4. The predicted octanol–water partition coefficient (Wildman–Crippen LogP) is 4.95. The van der Waals surface area contributed by atoms with Crippen LogP contribution in [0.5, 0.6) is 11.5 Å². The molecule has 1 aliphatic heterocycles. The van der Waals surface area contributed by atoms with Crippen LogP contribution in [-0.2, 0) is 13.5 Å². The van der Waals surface area contributed by atoms with Gasteiger partial charge in [0.05, 0.1) is 23.0 Å². The molecule has 1 aliphatic rings. The summed E-state index contributed by atoms with van der Waals surface area (Å²) in [4.78, 5) is 19.7. The molecule has 186 valence electrons. The zero-order chi connectivity index (χ0) is 25.2. The normalized spacial score (nSPS) is 15.9. The van der Waals surface area contributed by atoms with E-state index in [9.17, 15) is 4.79 Å². The van der Waals surface area contributed by atoms with E-state index in [1.807, 2.05) is 38.2 Å². The number of amides is 1. The fourth-order valence-corrected chi connectivity index (χ4v) is 4.80. The summed E-state index contributed by atoms with van der Waals surface area (Å²) in [7, 11) is 1.88. The Bertz CT molecular complexity index is 1420. The van der Waals surface area contributed by atoms with Crippen molar-refractivity contribution in [2.75, 3.05) is 19.6 Å². The van der Waals surface area contributed by atoms with Gasteiger partial charge in [-0.05, 0) is 55.3 Å². The van der Waals surface area contributed by atoms with Crippen molar-refractivity contribution in [3.8, 4) is 22.8 Å². The summed E-state index contributed by atoms with van der Waals surface area (Å²) in [5.41, 5.74) is 2.91. The van der Waals surface area contributed by atoms with Gasteiger partial charge in [-0.1, -0.05) is 13.8 Å². The van der Waals surface area contributed by atoms with Gasteiger partial charge in [0.25, 0.3) is 5.91 Å². The lowest BCUT2D eigenvalue weighted by Gasteiger charge is -2.17. The van der Waals surface area contributed by atoms with Gasteiger partial charge in [0.15, 0.2) is 0 Å². The molecule has 1 saturated heterocycles. The molecule has 1 amide bonds. The van der Waals surface area contributed by atoms with Crippen LogP contribution in [0.2, 0.25) is 0 Å². The molecule has 1 atom stereocenters. The van der Waals surface area contributed by atoms with Gasteiger partial charge in [0, 0.05) is 55.5 Å². The minimum absolute atomic E-state index is 0.0438. The van der Waals surface area contributed by atoms with Gasteiger partial charge in [-0.3, -0.25) is 14.5 Å². The Morgan fingerprint density at radius 1 is 1.17 bits per heavy atom. The van der Waals surface area contributed by atoms with E-state index >= 15 is 4.39 Å². The zero-order valence-electron chi connectivity index (χ0n) is 20.8. The number of aryl methyl sites for hydroxylation is 2. The highest BCUT2D eigenvalue weighted by Crippen LogP contribution is 2.30. The molecule has 2 aromatic carbocycles. The molecule has 4 aromatic rings. The second-order valence-electron chi connectivity index (χ2n) is 9.17. The molecular formula is C28H30FN5O2. The number of hydrogen-bond donors (Lipinski definition) is 1. The number of fused-ring (bicyclic) bond motifs is 1. The van der Waals surface area contributed by atoms with Crippen molar-refractivity contribution in [1.82, 2.24) is 25.0 Å². The smallest absolute Gasteiger partial charge is 0.254 e. The molecule has 0 spiro atoms. The number of hydrogen-bond acceptors (Lipinski definition) is 5. The molecule has 1 unspecified atom stereocenters. The standard InChI is InChI=1S/C28H30FN5O2/c1-4-18-12-20(13-24(29)27(18)28(35)32-21-9-11-34(5-2)17-21)25-14-23(8-10-30-25)36-22-7-6-19-16-31-33(3)26(19)15-22/h6-8,10,12-16,21H,4-5,9,11,17H2,1-3H3,(H,32,35). The molecule has 1 fully saturated rings. The predicted molar refractivity (Wildman–Crippen MR) is 138 cm³/mol. The van der Waals surface area contributed by atoms with Crippen LogP contribution >= 0.6 is 0 Å². The van der Waals surface area contributed by atoms with Crippen molar-refractivity contribution in [3.63, 3.8) is 0 Å². The molecule has 1 N–H and O–H groups in total. The van der Waals surface area contributed by atoms with Gasteiger partial charge in [0.1, 0.15) is 17.3 Å². The summed E-state index contributed by atoms with van der Waals surface area (Å²) in [5, 5.41) is 8.32. The Morgan fingerprint density at radius 3 is 2.78 bits per heavy atom. The molecular weight excluding hydrogens is 457 g/mol. The maximum absolute atomic E-state index is 15.3. The van der Waals surface area contributed by atoms with Crippen LogP contribution in [0.15, 0.2) is 54.9 Å². The van der Waals surface area contributed by atoms with Crippen molar-refractivity contribution in [3.05, 3.63) is 71.8 Å². The van der Waals surface area contributed by atoms with Gasteiger partial charge < -0.3 is 15.0 Å². The van der Waals surface area contributed by atoms with E-state index in [2.05, 4.69) is 27.2 Å². The Balaban J connectivity index is 1.38. The highest BCUT2D eigenvalue weighted by atomic mass is 19.1. The third-order valence-corrected chi connectivity index (χ3v) is 6.82. The molecule has 0 bridgehead atoms. The van der Waals surface area contributed by atoms with Crippen molar-refractivity contribution in [2.24, 2.45) is 7.05 Å². The summed E-state index contributed by atoms with van der Waals surface area (Å²) in [6.45, 7) is 6.72. The number of halogens is 1. The van der Waals surface area contributed by atoms with E-state index < -0.39 is 5.82 Å². The van der Waals surface area contributed by atoms with Crippen molar-refractivity contribution >= 4 is 16.8 Å². The van der Waals surface area contributed by atoms with Crippen LogP contribution in [0.25, 0.3) is 22.2 Å². The maximum atomic E-state index is 15.3. The Morgan fingerprint density at radius 2 is 2.00 bits per heavy atom. The lowest BCUT2D eigenvalue weighted by atomic mass is 9.98. The minimum Gasteiger partial charge on any atom is -0.457 e. The fraction of sp³-hybridized carbons (Fsp3) is 0.321. The van der Waals surface area contributed by atoms with Crippen molar-refractivity contribution in [2.45, 2.75) is 32.7 Å². The number of aromatic nitrogens is 3. The Hall–Kier alpha value is -3.78. The fourth-order valence-electron chi connectivity index (χ4n) is 4.80. The van der Waals surface area contributed by atoms with Gasteiger partial charge in [-0.25, -0.2) is 4.39 Å². The number of likely N-dealkylation sites (N-methyl/N-ethyl adjacent to an activating group) is 1. The quantitative estimate of drug-likeness (QED) is 0.399. The Labute approximate surface area is 209 Å². The van der Waals surface area contributed by atoms with Gasteiger partial charge in [0.2, 0.25) is 0 Å². The molecule has 2 aromatic heterocycles. The number of ether oxygens (including phenoxy) is 1. The van der Waals surface area contributed by atoms with E-state index in [1.165, 1.54) is 6.07 Å². The third-order valence-electron chi connectivity index (χ3n) is 6.82. The lowest BCUT2D eigenvalue weighted by Crippen LogP contribution is -2.37.